The van der Waals surface area contributed by atoms with Gasteiger partial charge in [0.2, 0.25) is 5.91 Å². The van der Waals surface area contributed by atoms with Gasteiger partial charge >= 0.3 is 0 Å². The maximum absolute atomic E-state index is 12.7. The Morgan fingerprint density at radius 1 is 1.16 bits per heavy atom. The van der Waals surface area contributed by atoms with Crippen molar-refractivity contribution in [1.82, 2.24) is 24.9 Å². The summed E-state index contributed by atoms with van der Waals surface area (Å²) in [7, 11) is 3.62. The Hall–Kier alpha value is -2.91. The van der Waals surface area contributed by atoms with Crippen molar-refractivity contribution < 1.29 is 9.53 Å². The molecule has 4 rings (SSSR count). The van der Waals surface area contributed by atoms with Crippen LogP contribution in [0.4, 0.5) is 5.69 Å². The van der Waals surface area contributed by atoms with Crippen molar-refractivity contribution in [1.29, 1.82) is 0 Å². The molecule has 0 atom stereocenters. The van der Waals surface area contributed by atoms with Crippen LogP contribution in [-0.4, -0.2) is 84.4 Å². The van der Waals surface area contributed by atoms with Crippen LogP contribution in [0.25, 0.3) is 0 Å². The molecular weight excluding hydrogens is 394 g/mol. The number of guanidine groups is 1. The zero-order valence-electron chi connectivity index (χ0n) is 18.3. The number of rotatable bonds is 5. The van der Waals surface area contributed by atoms with Gasteiger partial charge in [0.25, 0.3) is 0 Å². The summed E-state index contributed by atoms with van der Waals surface area (Å²) in [6.45, 7) is 6.74. The summed E-state index contributed by atoms with van der Waals surface area (Å²) < 4.78 is 7.18. The van der Waals surface area contributed by atoms with Gasteiger partial charge in [-0.2, -0.15) is 5.10 Å². The second kappa shape index (κ2) is 9.93. The number of nitrogens with zero attached hydrogens (tertiary/aromatic N) is 6. The summed E-state index contributed by atoms with van der Waals surface area (Å²) in [4.78, 5) is 23.4. The molecule has 2 aromatic rings. The number of piperazine rings is 1. The fourth-order valence-electron chi connectivity index (χ4n) is 4.07. The Bertz CT molecular complexity index is 920. The maximum Gasteiger partial charge on any atom is 0.246 e. The lowest BCUT2D eigenvalue weighted by Crippen LogP contribution is -2.55. The molecule has 0 spiro atoms. The van der Waals surface area contributed by atoms with E-state index in [9.17, 15) is 4.79 Å². The van der Waals surface area contributed by atoms with Crippen LogP contribution in [0.3, 0.4) is 0 Å². The van der Waals surface area contributed by atoms with E-state index in [2.05, 4.69) is 44.6 Å². The number of benzene rings is 1. The van der Waals surface area contributed by atoms with Crippen LogP contribution >= 0.6 is 0 Å². The highest BCUT2D eigenvalue weighted by Crippen LogP contribution is 2.17. The van der Waals surface area contributed by atoms with Gasteiger partial charge < -0.3 is 19.9 Å². The van der Waals surface area contributed by atoms with Crippen LogP contribution < -0.4 is 10.2 Å². The molecule has 9 heteroatoms. The molecule has 0 aliphatic carbocycles. The van der Waals surface area contributed by atoms with E-state index in [1.54, 1.807) is 22.8 Å². The number of amides is 1. The SMILES string of the molecule is CN=C(NCc1ccccc1CN1CCOCC1)N1CCN(c2cnn(C)c2)C(=O)C1. The van der Waals surface area contributed by atoms with E-state index >= 15 is 0 Å². The van der Waals surface area contributed by atoms with E-state index in [0.717, 1.165) is 51.0 Å². The van der Waals surface area contributed by atoms with E-state index in [-0.39, 0.29) is 5.91 Å². The van der Waals surface area contributed by atoms with Crippen LogP contribution in [0.2, 0.25) is 0 Å². The molecule has 0 saturated carbocycles. The van der Waals surface area contributed by atoms with Crippen molar-refractivity contribution in [3.05, 3.63) is 47.8 Å². The number of hydrogen-bond acceptors (Lipinski definition) is 5. The van der Waals surface area contributed by atoms with E-state index in [1.807, 2.05) is 18.1 Å². The molecule has 31 heavy (non-hydrogen) atoms. The quantitative estimate of drug-likeness (QED) is 0.561. The van der Waals surface area contributed by atoms with Gasteiger partial charge in [-0.15, -0.1) is 0 Å². The van der Waals surface area contributed by atoms with E-state index < -0.39 is 0 Å². The van der Waals surface area contributed by atoms with Gasteiger partial charge in [0.1, 0.15) is 6.54 Å². The van der Waals surface area contributed by atoms with E-state index in [0.29, 0.717) is 19.6 Å². The lowest BCUT2D eigenvalue weighted by atomic mass is 10.1. The first-order valence-corrected chi connectivity index (χ1v) is 10.8. The number of morpholine rings is 1. The van der Waals surface area contributed by atoms with Crippen molar-refractivity contribution >= 4 is 17.6 Å². The summed E-state index contributed by atoms with van der Waals surface area (Å²) in [5.41, 5.74) is 3.40. The second-order valence-electron chi connectivity index (χ2n) is 7.90. The van der Waals surface area contributed by atoms with Crippen LogP contribution in [-0.2, 0) is 29.7 Å². The summed E-state index contributed by atoms with van der Waals surface area (Å²) in [6, 6.07) is 8.50. The lowest BCUT2D eigenvalue weighted by Gasteiger charge is -2.35. The third kappa shape index (κ3) is 5.23. The zero-order valence-corrected chi connectivity index (χ0v) is 18.3. The molecule has 3 heterocycles. The number of aromatic nitrogens is 2. The number of nitrogens with one attached hydrogen (secondary N) is 1. The van der Waals surface area contributed by atoms with Gasteiger partial charge in [0.15, 0.2) is 5.96 Å². The smallest absolute Gasteiger partial charge is 0.246 e. The first-order valence-electron chi connectivity index (χ1n) is 10.8. The molecule has 2 aliphatic rings. The number of ether oxygens (including phenoxy) is 1. The Morgan fingerprint density at radius 3 is 2.61 bits per heavy atom. The normalized spacial score (nSPS) is 18.5. The molecule has 1 aromatic heterocycles. The van der Waals surface area contributed by atoms with Crippen molar-refractivity contribution in [2.75, 3.05) is 57.9 Å². The summed E-state index contributed by atoms with van der Waals surface area (Å²) in [5, 5.41) is 7.63. The van der Waals surface area contributed by atoms with Gasteiger partial charge in [0.05, 0.1) is 25.1 Å². The summed E-state index contributed by atoms with van der Waals surface area (Å²) in [6.07, 6.45) is 3.60. The van der Waals surface area contributed by atoms with Crippen LogP contribution in [0.15, 0.2) is 41.7 Å². The highest BCUT2D eigenvalue weighted by molar-refractivity contribution is 5.98. The monoisotopic (exact) mass is 425 g/mol. The topological polar surface area (TPSA) is 78.2 Å². The lowest BCUT2D eigenvalue weighted by molar-refractivity contribution is -0.120. The highest BCUT2D eigenvalue weighted by atomic mass is 16.5. The van der Waals surface area contributed by atoms with Crippen molar-refractivity contribution in [2.24, 2.45) is 12.0 Å². The molecule has 1 aromatic carbocycles. The molecule has 166 valence electrons. The van der Waals surface area contributed by atoms with Gasteiger partial charge in [-0.1, -0.05) is 24.3 Å². The Kier molecular flexibility index (Phi) is 6.83. The number of carbonyl (C=O) groups is 1. The van der Waals surface area contributed by atoms with Crippen molar-refractivity contribution in [2.45, 2.75) is 13.1 Å². The number of hydrogen-bond donors (Lipinski definition) is 1. The standard InChI is InChI=1S/C22H31N7O2/c1-23-22(28-7-8-29(21(30)17-28)20-14-25-26(2)16-20)24-13-18-5-3-4-6-19(18)15-27-9-11-31-12-10-27/h3-6,14,16H,7-13,15,17H2,1-2H3,(H,23,24). The first-order chi connectivity index (χ1) is 15.1. The Morgan fingerprint density at radius 2 is 1.94 bits per heavy atom. The third-order valence-corrected chi connectivity index (χ3v) is 5.79. The molecule has 0 unspecified atom stereocenters. The molecule has 2 fully saturated rings. The number of anilines is 1. The molecule has 2 aliphatic heterocycles. The third-order valence-electron chi connectivity index (χ3n) is 5.79. The van der Waals surface area contributed by atoms with Gasteiger partial charge in [0, 0.05) is 59.6 Å². The van der Waals surface area contributed by atoms with Crippen molar-refractivity contribution in [3.8, 4) is 0 Å². The van der Waals surface area contributed by atoms with Gasteiger partial charge in [-0.3, -0.25) is 19.4 Å². The van der Waals surface area contributed by atoms with Crippen LogP contribution in [0.1, 0.15) is 11.1 Å². The van der Waals surface area contributed by atoms with Crippen LogP contribution in [0, 0.1) is 0 Å². The maximum atomic E-state index is 12.7. The molecule has 1 amide bonds. The number of aliphatic imine (C=N–C) groups is 1. The minimum absolute atomic E-state index is 0.0508. The average molecular weight is 426 g/mol. The minimum atomic E-state index is 0.0508. The van der Waals surface area contributed by atoms with E-state index in [4.69, 9.17) is 4.74 Å². The number of carbonyl (C=O) groups excluding carboxylic acids is 1. The van der Waals surface area contributed by atoms with E-state index in [1.165, 1.54) is 11.1 Å². The van der Waals surface area contributed by atoms with Crippen LogP contribution in [0.5, 0.6) is 0 Å². The average Bonchev–Trinajstić information content (AvgIpc) is 3.22. The second-order valence-corrected chi connectivity index (χ2v) is 7.90. The predicted octanol–water partition coefficient (Wildman–Crippen LogP) is 0.677. The van der Waals surface area contributed by atoms with Gasteiger partial charge in [-0.25, -0.2) is 0 Å². The Labute approximate surface area is 183 Å². The summed E-state index contributed by atoms with van der Waals surface area (Å²) in [5.74, 6) is 0.801. The largest absolute Gasteiger partial charge is 0.379 e. The zero-order chi connectivity index (χ0) is 21.6. The molecule has 9 nitrogen and oxygen atoms in total. The fourth-order valence-corrected chi connectivity index (χ4v) is 4.07. The molecular formula is C22H31N7O2. The molecule has 0 bridgehead atoms. The first kappa shape index (κ1) is 21.3. The Balaban J connectivity index is 1.35. The molecule has 0 radical (unpaired) electrons. The fraction of sp³-hybridized carbons (Fsp3) is 0.500. The predicted molar refractivity (Wildman–Crippen MR) is 120 cm³/mol. The van der Waals surface area contributed by atoms with Gasteiger partial charge in [-0.05, 0) is 11.1 Å². The molecule has 2 saturated heterocycles. The number of aryl methyl sites for hydroxylation is 1. The minimum Gasteiger partial charge on any atom is -0.379 e. The molecule has 1 N–H and O–H groups in total. The van der Waals surface area contributed by atoms with Crippen molar-refractivity contribution in [3.63, 3.8) is 0 Å². The summed E-state index contributed by atoms with van der Waals surface area (Å²) >= 11 is 0. The highest BCUT2D eigenvalue weighted by Gasteiger charge is 2.27.